The van der Waals surface area contributed by atoms with E-state index in [2.05, 4.69) is 35.7 Å². The smallest absolute Gasteiger partial charge is 0.0565 e. The fourth-order valence-electron chi connectivity index (χ4n) is 2.30. The molecule has 0 aromatic carbocycles. The summed E-state index contributed by atoms with van der Waals surface area (Å²) in [5, 5.41) is 9.18. The van der Waals surface area contributed by atoms with Gasteiger partial charge in [-0.2, -0.15) is 0 Å². The van der Waals surface area contributed by atoms with Crippen molar-refractivity contribution >= 4 is 23.5 Å². The van der Waals surface area contributed by atoms with E-state index in [0.717, 1.165) is 11.0 Å². The molecule has 0 spiro atoms. The van der Waals surface area contributed by atoms with Gasteiger partial charge in [-0.05, 0) is 37.2 Å². The van der Waals surface area contributed by atoms with Crippen LogP contribution in [-0.2, 0) is 0 Å². The molecule has 0 atom stereocenters. The molecule has 1 heterocycles. The summed E-state index contributed by atoms with van der Waals surface area (Å²) in [6.45, 7) is 0.347. The molecule has 1 aliphatic carbocycles. The van der Waals surface area contributed by atoms with Crippen LogP contribution in [0.25, 0.3) is 0 Å². The van der Waals surface area contributed by atoms with Gasteiger partial charge < -0.3 is 5.11 Å². The molecule has 80 valence electrons. The van der Waals surface area contributed by atoms with Crippen molar-refractivity contribution in [1.82, 2.24) is 0 Å². The first-order chi connectivity index (χ1) is 6.87. The lowest BCUT2D eigenvalue weighted by molar-refractivity contribution is 0.204. The van der Waals surface area contributed by atoms with Crippen molar-refractivity contribution in [2.24, 2.45) is 5.41 Å². The quantitative estimate of drug-likeness (QED) is 0.753. The zero-order valence-corrected chi connectivity index (χ0v) is 10.1. The summed E-state index contributed by atoms with van der Waals surface area (Å²) in [5.41, 5.74) is 0.379. The average molecular weight is 230 g/mol. The highest BCUT2D eigenvalue weighted by molar-refractivity contribution is 8.17. The van der Waals surface area contributed by atoms with Crippen LogP contribution in [0.5, 0.6) is 0 Å². The predicted molar refractivity (Wildman–Crippen MR) is 65.8 cm³/mol. The lowest BCUT2D eigenvalue weighted by Crippen LogP contribution is -2.31. The van der Waals surface area contributed by atoms with Crippen molar-refractivity contribution in [2.75, 3.05) is 18.1 Å². The van der Waals surface area contributed by atoms with E-state index in [0.29, 0.717) is 12.0 Å². The van der Waals surface area contributed by atoms with Gasteiger partial charge in [0.2, 0.25) is 0 Å². The van der Waals surface area contributed by atoms with Gasteiger partial charge in [0.05, 0.1) is 4.58 Å². The Morgan fingerprint density at radius 3 is 2.43 bits per heavy atom. The van der Waals surface area contributed by atoms with Crippen LogP contribution in [0.15, 0.2) is 12.2 Å². The molecule has 0 amide bonds. The zero-order chi connectivity index (χ0) is 9.86. The van der Waals surface area contributed by atoms with Crippen molar-refractivity contribution in [3.05, 3.63) is 12.2 Å². The maximum absolute atomic E-state index is 9.18. The Balaban J connectivity index is 2.01. The molecule has 2 aliphatic rings. The molecule has 14 heavy (non-hydrogen) atoms. The van der Waals surface area contributed by atoms with E-state index < -0.39 is 0 Å². The van der Waals surface area contributed by atoms with Gasteiger partial charge in [0.1, 0.15) is 0 Å². The van der Waals surface area contributed by atoms with E-state index in [9.17, 15) is 5.11 Å². The first-order valence-electron chi connectivity index (χ1n) is 5.36. The van der Waals surface area contributed by atoms with Gasteiger partial charge in [-0.25, -0.2) is 0 Å². The summed E-state index contributed by atoms with van der Waals surface area (Å²) in [6, 6.07) is 0. The van der Waals surface area contributed by atoms with Crippen LogP contribution in [0.4, 0.5) is 0 Å². The number of allylic oxidation sites excluding steroid dienone is 2. The standard InChI is InChI=1S/C11H18OS2/c12-7-6-11(4-1-2-5-11)10-13-8-3-9-14-10/h1-2,10,12H,3-9H2. The molecule has 1 fully saturated rings. The first kappa shape index (κ1) is 10.9. The van der Waals surface area contributed by atoms with E-state index in [1.54, 1.807) is 0 Å². The molecule has 3 heteroatoms. The van der Waals surface area contributed by atoms with Crippen molar-refractivity contribution in [1.29, 1.82) is 0 Å². The number of thioether (sulfide) groups is 2. The number of aliphatic hydroxyl groups excluding tert-OH is 1. The monoisotopic (exact) mass is 230 g/mol. The van der Waals surface area contributed by atoms with E-state index in [4.69, 9.17) is 0 Å². The van der Waals surface area contributed by atoms with E-state index in [1.165, 1.54) is 30.8 Å². The SMILES string of the molecule is OCCC1(C2SCCCS2)CC=CC1. The molecular formula is C11H18OS2. The highest BCUT2D eigenvalue weighted by Gasteiger charge is 2.40. The second-order valence-corrected chi connectivity index (χ2v) is 6.87. The molecule has 1 aliphatic heterocycles. The molecule has 0 aromatic rings. The Hall–Kier alpha value is 0.400. The van der Waals surface area contributed by atoms with Crippen molar-refractivity contribution < 1.29 is 5.11 Å². The normalized spacial score (nSPS) is 26.9. The number of hydrogen-bond donors (Lipinski definition) is 1. The molecule has 0 saturated carbocycles. The third-order valence-electron chi connectivity index (χ3n) is 3.15. The summed E-state index contributed by atoms with van der Waals surface area (Å²) >= 11 is 4.22. The second-order valence-electron chi connectivity index (χ2n) is 4.14. The first-order valence-corrected chi connectivity index (χ1v) is 7.46. The van der Waals surface area contributed by atoms with Crippen LogP contribution in [0, 0.1) is 5.41 Å². The maximum Gasteiger partial charge on any atom is 0.0565 e. The summed E-state index contributed by atoms with van der Waals surface area (Å²) in [6.07, 6.45) is 9.28. The summed E-state index contributed by atoms with van der Waals surface area (Å²) < 4.78 is 0.721. The van der Waals surface area contributed by atoms with Gasteiger partial charge in [0.25, 0.3) is 0 Å². The number of aliphatic hydroxyl groups is 1. The van der Waals surface area contributed by atoms with Crippen molar-refractivity contribution in [3.8, 4) is 0 Å². The van der Waals surface area contributed by atoms with Crippen LogP contribution >= 0.6 is 23.5 Å². The minimum atomic E-state index is 0.347. The topological polar surface area (TPSA) is 20.2 Å². The minimum Gasteiger partial charge on any atom is -0.396 e. The summed E-state index contributed by atoms with van der Waals surface area (Å²) in [5.74, 6) is 2.62. The molecule has 1 saturated heterocycles. The van der Waals surface area contributed by atoms with Crippen LogP contribution in [0.2, 0.25) is 0 Å². The van der Waals surface area contributed by atoms with Gasteiger partial charge in [-0.15, -0.1) is 23.5 Å². The molecule has 2 rings (SSSR count). The lowest BCUT2D eigenvalue weighted by atomic mass is 9.84. The van der Waals surface area contributed by atoms with Crippen LogP contribution < -0.4 is 0 Å². The highest BCUT2D eigenvalue weighted by Crippen LogP contribution is 2.51. The maximum atomic E-state index is 9.18. The zero-order valence-electron chi connectivity index (χ0n) is 8.45. The summed E-state index contributed by atoms with van der Waals surface area (Å²) in [4.78, 5) is 0. The third-order valence-corrected chi connectivity index (χ3v) is 6.62. The van der Waals surface area contributed by atoms with Crippen LogP contribution in [0.3, 0.4) is 0 Å². The fourth-order valence-corrected chi connectivity index (χ4v) is 5.82. The number of rotatable bonds is 3. The molecule has 1 N–H and O–H groups in total. The lowest BCUT2D eigenvalue weighted by Gasteiger charge is -2.38. The molecule has 1 nitrogen and oxygen atoms in total. The predicted octanol–water partition coefficient (Wildman–Crippen LogP) is 2.90. The van der Waals surface area contributed by atoms with E-state index in [1.807, 2.05) is 0 Å². The summed E-state index contributed by atoms with van der Waals surface area (Å²) in [7, 11) is 0. The Bertz CT molecular complexity index is 201. The Morgan fingerprint density at radius 2 is 1.86 bits per heavy atom. The number of hydrogen-bond acceptors (Lipinski definition) is 3. The molecule has 0 aromatic heterocycles. The van der Waals surface area contributed by atoms with E-state index in [-0.39, 0.29) is 0 Å². The van der Waals surface area contributed by atoms with Crippen molar-refractivity contribution in [2.45, 2.75) is 30.3 Å². The van der Waals surface area contributed by atoms with Gasteiger partial charge in [-0.1, -0.05) is 12.2 Å². The fraction of sp³-hybridized carbons (Fsp3) is 0.818. The van der Waals surface area contributed by atoms with Gasteiger partial charge in [0, 0.05) is 12.0 Å². The Labute approximate surface area is 94.7 Å². The average Bonchev–Trinajstić information content (AvgIpc) is 2.70. The second kappa shape index (κ2) is 4.95. The molecular weight excluding hydrogens is 212 g/mol. The van der Waals surface area contributed by atoms with Crippen molar-refractivity contribution in [3.63, 3.8) is 0 Å². The Morgan fingerprint density at radius 1 is 1.21 bits per heavy atom. The third kappa shape index (κ3) is 2.15. The van der Waals surface area contributed by atoms with Gasteiger partial charge >= 0.3 is 0 Å². The van der Waals surface area contributed by atoms with Gasteiger partial charge in [0.15, 0.2) is 0 Å². The highest BCUT2D eigenvalue weighted by atomic mass is 32.2. The van der Waals surface area contributed by atoms with Crippen LogP contribution in [-0.4, -0.2) is 27.8 Å². The van der Waals surface area contributed by atoms with Gasteiger partial charge in [-0.3, -0.25) is 0 Å². The minimum absolute atomic E-state index is 0.347. The van der Waals surface area contributed by atoms with E-state index >= 15 is 0 Å². The Kier molecular flexibility index (Phi) is 3.86. The molecule has 0 radical (unpaired) electrons. The molecule has 0 bridgehead atoms. The van der Waals surface area contributed by atoms with Crippen LogP contribution in [0.1, 0.15) is 25.7 Å². The largest absolute Gasteiger partial charge is 0.396 e. The molecule has 0 unspecified atom stereocenters.